The van der Waals surface area contributed by atoms with Gasteiger partial charge in [0.25, 0.3) is 5.56 Å². The van der Waals surface area contributed by atoms with E-state index in [1.807, 2.05) is 78.6 Å². The molecule has 0 radical (unpaired) electrons. The number of aryl methyl sites for hydroxylation is 1. The lowest BCUT2D eigenvalue weighted by molar-refractivity contribution is 0.208. The van der Waals surface area contributed by atoms with Gasteiger partial charge in [-0.15, -0.1) is 0 Å². The maximum absolute atomic E-state index is 13.6. The highest BCUT2D eigenvalue weighted by molar-refractivity contribution is 6.31. The zero-order chi connectivity index (χ0) is 24.4. The minimum Gasteiger partial charge on any atom is -0.348 e. The molecule has 2 heterocycles. The minimum absolute atomic E-state index is 0.125. The van der Waals surface area contributed by atoms with Crippen molar-refractivity contribution in [2.45, 2.75) is 13.5 Å². The molecule has 1 aromatic heterocycles. The standard InChI is InChI=1S/C27H26ClN5O2/c1-19-11-12-21(17-22(19)28)29-27(35)32-15-13-31(14-16-32)25-26(34)33(18-20-7-3-2-4-8-20)24-10-6-5-9-23(24)30-25/h2-12,17H,13-16,18H2,1H3,(H,29,35). The van der Waals surface area contributed by atoms with Gasteiger partial charge < -0.3 is 15.1 Å². The second-order valence-electron chi connectivity index (χ2n) is 8.67. The number of hydrogen-bond acceptors (Lipinski definition) is 4. The summed E-state index contributed by atoms with van der Waals surface area (Å²) >= 11 is 6.18. The van der Waals surface area contributed by atoms with Gasteiger partial charge in [-0.3, -0.25) is 9.36 Å². The van der Waals surface area contributed by atoms with E-state index in [4.69, 9.17) is 16.6 Å². The van der Waals surface area contributed by atoms with Crippen LogP contribution in [0.3, 0.4) is 0 Å². The molecule has 178 valence electrons. The van der Waals surface area contributed by atoms with Crippen molar-refractivity contribution in [1.82, 2.24) is 14.5 Å². The van der Waals surface area contributed by atoms with Crippen LogP contribution in [0.5, 0.6) is 0 Å². The number of rotatable bonds is 4. The van der Waals surface area contributed by atoms with Gasteiger partial charge in [-0.2, -0.15) is 0 Å². The summed E-state index contributed by atoms with van der Waals surface area (Å²) in [5.41, 5.74) is 4.12. The van der Waals surface area contributed by atoms with Crippen LogP contribution in [0.4, 0.5) is 16.3 Å². The van der Waals surface area contributed by atoms with Gasteiger partial charge in [-0.05, 0) is 42.3 Å². The van der Waals surface area contributed by atoms with Crippen molar-refractivity contribution in [2.75, 3.05) is 36.4 Å². The van der Waals surface area contributed by atoms with Crippen LogP contribution in [0, 0.1) is 6.92 Å². The molecule has 1 saturated heterocycles. The van der Waals surface area contributed by atoms with Gasteiger partial charge in [0.15, 0.2) is 5.82 Å². The summed E-state index contributed by atoms with van der Waals surface area (Å²) < 4.78 is 1.78. The summed E-state index contributed by atoms with van der Waals surface area (Å²) in [6.45, 7) is 4.40. The lowest BCUT2D eigenvalue weighted by Crippen LogP contribution is -2.51. The first-order valence-corrected chi connectivity index (χ1v) is 12.0. The van der Waals surface area contributed by atoms with Gasteiger partial charge in [-0.1, -0.05) is 60.1 Å². The van der Waals surface area contributed by atoms with Crippen molar-refractivity contribution >= 4 is 40.2 Å². The predicted molar refractivity (Wildman–Crippen MR) is 141 cm³/mol. The molecule has 1 fully saturated rings. The van der Waals surface area contributed by atoms with E-state index in [1.54, 1.807) is 15.5 Å². The number of para-hydroxylation sites is 2. The van der Waals surface area contributed by atoms with Gasteiger partial charge in [0, 0.05) is 36.9 Å². The van der Waals surface area contributed by atoms with Gasteiger partial charge in [0.1, 0.15) is 0 Å². The Morgan fingerprint density at radius 2 is 1.69 bits per heavy atom. The van der Waals surface area contributed by atoms with E-state index in [0.29, 0.717) is 49.3 Å². The second-order valence-corrected chi connectivity index (χ2v) is 9.08. The summed E-state index contributed by atoms with van der Waals surface area (Å²) in [7, 11) is 0. The molecule has 0 aliphatic carbocycles. The Morgan fingerprint density at radius 3 is 2.43 bits per heavy atom. The first kappa shape index (κ1) is 22.9. The van der Waals surface area contributed by atoms with Gasteiger partial charge >= 0.3 is 6.03 Å². The van der Waals surface area contributed by atoms with Crippen molar-refractivity contribution in [3.05, 3.63) is 99.3 Å². The van der Waals surface area contributed by atoms with Crippen LogP contribution < -0.4 is 15.8 Å². The van der Waals surface area contributed by atoms with E-state index in [1.165, 1.54) is 0 Å². The van der Waals surface area contributed by atoms with E-state index in [-0.39, 0.29) is 11.6 Å². The molecule has 2 amide bonds. The number of aromatic nitrogens is 2. The molecule has 4 aromatic rings. The lowest BCUT2D eigenvalue weighted by atomic mass is 10.2. The average molecular weight is 488 g/mol. The fourth-order valence-corrected chi connectivity index (χ4v) is 4.48. The molecular weight excluding hydrogens is 462 g/mol. The van der Waals surface area contributed by atoms with Crippen LogP contribution in [0.2, 0.25) is 5.02 Å². The molecule has 0 spiro atoms. The second kappa shape index (κ2) is 9.80. The molecule has 1 N–H and O–H groups in total. The molecule has 1 aliphatic rings. The predicted octanol–water partition coefficient (Wildman–Crippen LogP) is 4.76. The Morgan fingerprint density at radius 1 is 0.971 bits per heavy atom. The van der Waals surface area contributed by atoms with Gasteiger partial charge in [-0.25, -0.2) is 9.78 Å². The number of fused-ring (bicyclic) bond motifs is 1. The largest absolute Gasteiger partial charge is 0.348 e. The van der Waals surface area contributed by atoms with E-state index in [9.17, 15) is 9.59 Å². The maximum Gasteiger partial charge on any atom is 0.321 e. The highest BCUT2D eigenvalue weighted by Gasteiger charge is 2.25. The minimum atomic E-state index is -0.183. The summed E-state index contributed by atoms with van der Waals surface area (Å²) in [5.74, 6) is 0.421. The van der Waals surface area contributed by atoms with Crippen molar-refractivity contribution in [3.63, 3.8) is 0 Å². The molecule has 0 bridgehead atoms. The van der Waals surface area contributed by atoms with E-state index < -0.39 is 0 Å². The fourth-order valence-electron chi connectivity index (χ4n) is 4.30. The Labute approximate surface area is 208 Å². The first-order chi connectivity index (χ1) is 17.0. The zero-order valence-corrected chi connectivity index (χ0v) is 20.2. The summed E-state index contributed by atoms with van der Waals surface area (Å²) in [6.07, 6.45) is 0. The summed E-state index contributed by atoms with van der Waals surface area (Å²) in [5, 5.41) is 3.52. The normalized spacial score (nSPS) is 13.8. The van der Waals surface area contributed by atoms with Crippen LogP contribution in [0.1, 0.15) is 11.1 Å². The number of hydrogen-bond donors (Lipinski definition) is 1. The van der Waals surface area contributed by atoms with Gasteiger partial charge in [0.2, 0.25) is 0 Å². The number of benzene rings is 3. The number of halogens is 1. The number of carbonyl (C=O) groups excluding carboxylic acids is 1. The van der Waals surface area contributed by atoms with Gasteiger partial charge in [0.05, 0.1) is 17.6 Å². The Hall–Kier alpha value is -3.84. The smallest absolute Gasteiger partial charge is 0.321 e. The van der Waals surface area contributed by atoms with E-state index >= 15 is 0 Å². The highest BCUT2D eigenvalue weighted by atomic mass is 35.5. The maximum atomic E-state index is 13.6. The third-order valence-corrected chi connectivity index (χ3v) is 6.72. The fraction of sp³-hybridized carbons (Fsp3) is 0.222. The Kier molecular flexibility index (Phi) is 6.42. The summed E-state index contributed by atoms with van der Waals surface area (Å²) in [6, 6.07) is 22.9. The SMILES string of the molecule is Cc1ccc(NC(=O)N2CCN(c3nc4ccccc4n(Cc4ccccc4)c3=O)CC2)cc1Cl. The molecule has 0 saturated carbocycles. The van der Waals surface area contributed by atoms with E-state index in [0.717, 1.165) is 22.2 Å². The van der Waals surface area contributed by atoms with Crippen LogP contribution >= 0.6 is 11.6 Å². The van der Waals surface area contributed by atoms with Crippen LogP contribution in [0.15, 0.2) is 77.6 Å². The number of amides is 2. The van der Waals surface area contributed by atoms with Crippen molar-refractivity contribution in [2.24, 2.45) is 0 Å². The molecule has 0 unspecified atom stereocenters. The molecule has 5 rings (SSSR count). The highest BCUT2D eigenvalue weighted by Crippen LogP contribution is 2.21. The van der Waals surface area contributed by atoms with Crippen LogP contribution in [0.25, 0.3) is 11.0 Å². The number of anilines is 2. The number of urea groups is 1. The topological polar surface area (TPSA) is 70.5 Å². The molecule has 1 aliphatic heterocycles. The molecule has 0 atom stereocenters. The van der Waals surface area contributed by atoms with Crippen LogP contribution in [-0.2, 0) is 6.54 Å². The van der Waals surface area contributed by atoms with E-state index in [2.05, 4.69) is 5.32 Å². The number of nitrogens with one attached hydrogen (secondary N) is 1. The zero-order valence-electron chi connectivity index (χ0n) is 19.4. The lowest BCUT2D eigenvalue weighted by Gasteiger charge is -2.35. The third kappa shape index (κ3) is 4.86. The van der Waals surface area contributed by atoms with Crippen molar-refractivity contribution in [3.8, 4) is 0 Å². The number of nitrogens with zero attached hydrogens (tertiary/aromatic N) is 4. The third-order valence-electron chi connectivity index (χ3n) is 6.31. The monoisotopic (exact) mass is 487 g/mol. The molecule has 8 heteroatoms. The number of carbonyl (C=O) groups is 1. The molecule has 35 heavy (non-hydrogen) atoms. The number of piperazine rings is 1. The Balaban J connectivity index is 1.35. The first-order valence-electron chi connectivity index (χ1n) is 11.6. The molecular formula is C27H26ClN5O2. The molecule has 7 nitrogen and oxygen atoms in total. The van der Waals surface area contributed by atoms with Crippen LogP contribution in [-0.4, -0.2) is 46.7 Å². The molecule has 3 aromatic carbocycles. The average Bonchev–Trinajstić information content (AvgIpc) is 2.88. The van der Waals surface area contributed by atoms with Crippen molar-refractivity contribution < 1.29 is 4.79 Å². The Bertz CT molecular complexity index is 1430. The summed E-state index contributed by atoms with van der Waals surface area (Å²) in [4.78, 5) is 34.8. The van der Waals surface area contributed by atoms with Crippen molar-refractivity contribution in [1.29, 1.82) is 0 Å². The quantitative estimate of drug-likeness (QED) is 0.450.